The van der Waals surface area contributed by atoms with Gasteiger partial charge in [0.2, 0.25) is 11.8 Å². The van der Waals surface area contributed by atoms with Crippen molar-refractivity contribution in [3.63, 3.8) is 0 Å². The summed E-state index contributed by atoms with van der Waals surface area (Å²) in [6, 6.07) is 7.20. The molecule has 5 heteroatoms. The zero-order chi connectivity index (χ0) is 15.0. The minimum atomic E-state index is -0.313. The van der Waals surface area contributed by atoms with Crippen LogP contribution >= 0.6 is 0 Å². The molecular weight excluding hydrogens is 256 g/mol. The first kappa shape index (κ1) is 15.6. The quantitative estimate of drug-likeness (QED) is 0.776. The molecule has 0 bridgehead atoms. The zero-order valence-corrected chi connectivity index (χ0v) is 11.6. The van der Waals surface area contributed by atoms with Crippen LogP contribution in [0.1, 0.15) is 25.8 Å². The third-order valence-electron chi connectivity index (χ3n) is 2.38. The first-order valence-corrected chi connectivity index (χ1v) is 6.27. The van der Waals surface area contributed by atoms with E-state index in [-0.39, 0.29) is 24.0 Å². The highest BCUT2D eigenvalue weighted by Gasteiger charge is 2.04. The first-order chi connectivity index (χ1) is 9.47. The normalized spacial score (nSPS) is 10.3. The van der Waals surface area contributed by atoms with Crippen LogP contribution in [0.25, 0.3) is 6.08 Å². The molecular formula is C15H18N2O3. The van der Waals surface area contributed by atoms with Crippen molar-refractivity contribution in [2.75, 3.05) is 11.9 Å². The molecule has 1 aromatic carbocycles. The third-order valence-corrected chi connectivity index (χ3v) is 2.38. The van der Waals surface area contributed by atoms with E-state index >= 15 is 0 Å². The van der Waals surface area contributed by atoms with Gasteiger partial charge in [-0.3, -0.25) is 14.4 Å². The summed E-state index contributed by atoms with van der Waals surface area (Å²) in [6.45, 7) is 3.32. The van der Waals surface area contributed by atoms with E-state index in [0.717, 1.165) is 5.56 Å². The molecule has 0 atom stereocenters. The first-order valence-electron chi connectivity index (χ1n) is 6.27. The van der Waals surface area contributed by atoms with E-state index in [1.165, 1.54) is 13.8 Å². The Bertz CT molecular complexity index is 518. The van der Waals surface area contributed by atoms with Gasteiger partial charge >= 0.3 is 0 Å². The molecule has 2 N–H and O–H groups in total. The van der Waals surface area contributed by atoms with E-state index in [1.807, 2.05) is 24.3 Å². The van der Waals surface area contributed by atoms with Crippen LogP contribution in [0.5, 0.6) is 0 Å². The number of carbonyl (C=O) groups is 3. The summed E-state index contributed by atoms with van der Waals surface area (Å²) < 4.78 is 0. The Balaban J connectivity index is 2.49. The Kier molecular flexibility index (Phi) is 6.16. The summed E-state index contributed by atoms with van der Waals surface area (Å²) in [4.78, 5) is 32.9. The number of Topliss-reactive ketones (excluding diaryl/α,β-unsaturated/α-hetero) is 1. The van der Waals surface area contributed by atoms with Crippen molar-refractivity contribution in [3.8, 4) is 0 Å². The second kappa shape index (κ2) is 7.89. The lowest BCUT2D eigenvalue weighted by Gasteiger charge is -2.04. The molecule has 1 aromatic rings. The zero-order valence-electron chi connectivity index (χ0n) is 11.6. The molecule has 0 fully saturated rings. The van der Waals surface area contributed by atoms with E-state index < -0.39 is 0 Å². The molecule has 0 unspecified atom stereocenters. The van der Waals surface area contributed by atoms with Crippen LogP contribution in [0.2, 0.25) is 0 Å². The van der Waals surface area contributed by atoms with Crippen LogP contribution in [-0.2, 0) is 14.4 Å². The lowest BCUT2D eigenvalue weighted by atomic mass is 10.2. The average molecular weight is 274 g/mol. The van der Waals surface area contributed by atoms with Crippen LogP contribution in [0, 0.1) is 0 Å². The molecule has 0 radical (unpaired) electrons. The van der Waals surface area contributed by atoms with Crippen LogP contribution in [0.4, 0.5) is 5.69 Å². The highest BCUT2D eigenvalue weighted by Crippen LogP contribution is 2.11. The van der Waals surface area contributed by atoms with E-state index in [1.54, 1.807) is 12.1 Å². The number of hydrogen-bond acceptors (Lipinski definition) is 3. The van der Waals surface area contributed by atoms with Crippen LogP contribution < -0.4 is 10.6 Å². The van der Waals surface area contributed by atoms with Gasteiger partial charge in [0, 0.05) is 19.2 Å². The maximum absolute atomic E-state index is 11.4. The van der Waals surface area contributed by atoms with Gasteiger partial charge in [-0.15, -0.1) is 0 Å². The lowest BCUT2D eigenvalue weighted by Crippen LogP contribution is -2.19. The summed E-state index contributed by atoms with van der Waals surface area (Å²) >= 11 is 0. The fraction of sp³-hybridized carbons (Fsp3) is 0.267. The van der Waals surface area contributed by atoms with Gasteiger partial charge in [-0.05, 0) is 24.6 Å². The molecule has 2 amide bonds. The fourth-order valence-corrected chi connectivity index (χ4v) is 1.51. The Labute approximate surface area is 118 Å². The molecule has 0 heterocycles. The molecule has 0 aromatic heterocycles. The van der Waals surface area contributed by atoms with E-state index in [9.17, 15) is 14.4 Å². The smallest absolute Gasteiger partial charge is 0.231 e. The molecule has 5 nitrogen and oxygen atoms in total. The van der Waals surface area contributed by atoms with Crippen molar-refractivity contribution in [2.45, 2.75) is 20.3 Å². The van der Waals surface area contributed by atoms with Crippen LogP contribution in [0.15, 0.2) is 30.3 Å². The Morgan fingerprint density at radius 3 is 2.30 bits per heavy atom. The maximum Gasteiger partial charge on any atom is 0.231 e. The highest BCUT2D eigenvalue weighted by atomic mass is 16.2. The molecule has 0 aliphatic rings. The van der Waals surface area contributed by atoms with Crippen molar-refractivity contribution in [3.05, 3.63) is 35.9 Å². The van der Waals surface area contributed by atoms with E-state index in [4.69, 9.17) is 0 Å². The fourth-order valence-electron chi connectivity index (χ4n) is 1.51. The van der Waals surface area contributed by atoms with Gasteiger partial charge in [-0.1, -0.05) is 24.3 Å². The van der Waals surface area contributed by atoms with E-state index in [0.29, 0.717) is 12.2 Å². The minimum absolute atomic E-state index is 0.0711. The van der Waals surface area contributed by atoms with Crippen LogP contribution in [0.3, 0.4) is 0 Å². The van der Waals surface area contributed by atoms with Gasteiger partial charge in [0.1, 0.15) is 5.78 Å². The molecule has 0 spiro atoms. The van der Waals surface area contributed by atoms with Gasteiger partial charge in [-0.2, -0.15) is 0 Å². The second-order valence-corrected chi connectivity index (χ2v) is 4.39. The third kappa shape index (κ3) is 6.49. The van der Waals surface area contributed by atoms with E-state index in [2.05, 4.69) is 10.6 Å². The van der Waals surface area contributed by atoms with Crippen molar-refractivity contribution in [2.24, 2.45) is 0 Å². The predicted octanol–water partition coefficient (Wildman–Crippen LogP) is 1.75. The number of nitrogens with one attached hydrogen (secondary N) is 2. The monoisotopic (exact) mass is 274 g/mol. The maximum atomic E-state index is 11.4. The average Bonchev–Trinajstić information content (AvgIpc) is 2.35. The van der Waals surface area contributed by atoms with Crippen molar-refractivity contribution in [1.82, 2.24) is 5.32 Å². The lowest BCUT2D eigenvalue weighted by molar-refractivity contribution is -0.124. The number of ketones is 1. The number of carbonyl (C=O) groups excluding carboxylic acids is 3. The van der Waals surface area contributed by atoms with Crippen LogP contribution in [-0.4, -0.2) is 24.1 Å². The van der Waals surface area contributed by atoms with Gasteiger partial charge in [-0.25, -0.2) is 0 Å². The summed E-state index contributed by atoms with van der Waals surface area (Å²) in [6.07, 6.45) is 3.60. The summed E-state index contributed by atoms with van der Waals surface area (Å²) in [5, 5.41) is 5.30. The number of amides is 2. The standard InChI is InChI=1S/C15H18N2O3/c1-11(18)10-15(20)17-14-7-5-13(6-8-14)4-3-9-16-12(2)19/h3-8H,9-10H2,1-2H3,(H,16,19)(H,17,20). The second-order valence-electron chi connectivity index (χ2n) is 4.39. The molecule has 0 aliphatic heterocycles. The number of anilines is 1. The number of benzene rings is 1. The van der Waals surface area contributed by atoms with Crippen molar-refractivity contribution in [1.29, 1.82) is 0 Å². The van der Waals surface area contributed by atoms with Gasteiger partial charge < -0.3 is 10.6 Å². The number of rotatable bonds is 6. The Hall–Kier alpha value is -2.43. The molecule has 106 valence electrons. The predicted molar refractivity (Wildman–Crippen MR) is 78.1 cm³/mol. The molecule has 0 saturated carbocycles. The Morgan fingerprint density at radius 2 is 1.75 bits per heavy atom. The summed E-state index contributed by atoms with van der Waals surface area (Å²) in [5.74, 6) is -0.551. The summed E-state index contributed by atoms with van der Waals surface area (Å²) in [5.41, 5.74) is 1.61. The summed E-state index contributed by atoms with van der Waals surface area (Å²) in [7, 11) is 0. The SMILES string of the molecule is CC(=O)CC(=O)Nc1ccc(C=CCNC(C)=O)cc1. The number of hydrogen-bond donors (Lipinski definition) is 2. The van der Waals surface area contributed by atoms with Gasteiger partial charge in [0.25, 0.3) is 0 Å². The van der Waals surface area contributed by atoms with Gasteiger partial charge in [0.15, 0.2) is 0 Å². The molecule has 1 rings (SSSR count). The Morgan fingerprint density at radius 1 is 1.10 bits per heavy atom. The largest absolute Gasteiger partial charge is 0.353 e. The highest BCUT2D eigenvalue weighted by molar-refractivity contribution is 6.03. The topological polar surface area (TPSA) is 75.3 Å². The molecule has 0 aliphatic carbocycles. The minimum Gasteiger partial charge on any atom is -0.353 e. The van der Waals surface area contributed by atoms with Crippen molar-refractivity contribution >= 4 is 29.4 Å². The van der Waals surface area contributed by atoms with Crippen molar-refractivity contribution < 1.29 is 14.4 Å². The molecule has 0 saturated heterocycles. The molecule has 20 heavy (non-hydrogen) atoms. The van der Waals surface area contributed by atoms with Gasteiger partial charge in [0.05, 0.1) is 6.42 Å².